The Hall–Kier alpha value is -3.12. The Morgan fingerprint density at radius 2 is 1.79 bits per heavy atom. The summed E-state index contributed by atoms with van der Waals surface area (Å²) in [6.07, 6.45) is 3.59. The Morgan fingerprint density at radius 1 is 1.04 bits per heavy atom. The van der Waals surface area contributed by atoms with Crippen molar-refractivity contribution in [3.8, 4) is 11.5 Å². The quantitative estimate of drug-likeness (QED) is 0.600. The average molecular weight is 335 g/mol. The van der Waals surface area contributed by atoms with Gasteiger partial charge in [-0.25, -0.2) is 4.98 Å². The van der Waals surface area contributed by atoms with Gasteiger partial charge in [-0.15, -0.1) is 11.3 Å². The smallest absolute Gasteiger partial charge is 0.275 e. The Labute approximate surface area is 142 Å². The number of para-hydroxylation sites is 1. The Bertz CT molecular complexity index is 946. The first-order chi connectivity index (χ1) is 11.8. The van der Waals surface area contributed by atoms with Crippen molar-refractivity contribution in [1.29, 1.82) is 0 Å². The number of thiazole rings is 1. The van der Waals surface area contributed by atoms with Gasteiger partial charge in [-0.3, -0.25) is 9.20 Å². The van der Waals surface area contributed by atoms with Crippen molar-refractivity contribution in [2.45, 2.75) is 0 Å². The van der Waals surface area contributed by atoms with Crippen LogP contribution in [0.1, 0.15) is 10.5 Å². The zero-order valence-corrected chi connectivity index (χ0v) is 13.4. The fourth-order valence-electron chi connectivity index (χ4n) is 2.26. The van der Waals surface area contributed by atoms with Crippen molar-refractivity contribution in [3.63, 3.8) is 0 Å². The van der Waals surface area contributed by atoms with E-state index >= 15 is 0 Å². The second-order valence-corrected chi connectivity index (χ2v) is 5.99. The lowest BCUT2D eigenvalue weighted by atomic mass is 10.3. The van der Waals surface area contributed by atoms with Gasteiger partial charge in [-0.05, 0) is 36.4 Å². The molecule has 0 spiro atoms. The van der Waals surface area contributed by atoms with Crippen LogP contribution in [0.15, 0.2) is 72.4 Å². The molecule has 0 aliphatic heterocycles. The van der Waals surface area contributed by atoms with E-state index in [1.54, 1.807) is 18.3 Å². The molecule has 0 saturated carbocycles. The second kappa shape index (κ2) is 6.17. The highest BCUT2D eigenvalue weighted by molar-refractivity contribution is 7.15. The number of nitrogens with one attached hydrogen (secondary N) is 1. The zero-order chi connectivity index (χ0) is 16.4. The van der Waals surface area contributed by atoms with Gasteiger partial charge in [0.1, 0.15) is 17.2 Å². The molecule has 1 N–H and O–H groups in total. The minimum absolute atomic E-state index is 0.234. The van der Waals surface area contributed by atoms with Gasteiger partial charge in [0.15, 0.2) is 4.96 Å². The molecule has 4 aromatic rings. The molecule has 0 unspecified atom stereocenters. The van der Waals surface area contributed by atoms with E-state index in [0.717, 1.165) is 10.7 Å². The third-order valence-electron chi connectivity index (χ3n) is 3.42. The number of fused-ring (bicyclic) bond motifs is 1. The monoisotopic (exact) mass is 335 g/mol. The first-order valence-electron chi connectivity index (χ1n) is 7.34. The average Bonchev–Trinajstić information content (AvgIpc) is 3.19. The maximum atomic E-state index is 12.2. The van der Waals surface area contributed by atoms with Crippen LogP contribution >= 0.6 is 11.3 Å². The summed E-state index contributed by atoms with van der Waals surface area (Å²) in [5.41, 5.74) is 1.09. The summed E-state index contributed by atoms with van der Waals surface area (Å²) in [7, 11) is 0. The van der Waals surface area contributed by atoms with Crippen LogP contribution in [0, 0.1) is 0 Å². The molecule has 24 heavy (non-hydrogen) atoms. The van der Waals surface area contributed by atoms with Gasteiger partial charge in [0.2, 0.25) is 0 Å². The number of ether oxygens (including phenoxy) is 1. The molecule has 0 radical (unpaired) electrons. The molecule has 118 valence electrons. The molecular formula is C18H13N3O2S. The summed E-state index contributed by atoms with van der Waals surface area (Å²) < 4.78 is 7.56. The third kappa shape index (κ3) is 3.00. The Balaban J connectivity index is 1.45. The SMILES string of the molecule is O=C(Nc1ccc(Oc2ccccc2)cc1)c1cn2ccsc2n1. The lowest BCUT2D eigenvalue weighted by molar-refractivity contribution is 0.102. The normalized spacial score (nSPS) is 10.7. The lowest BCUT2D eigenvalue weighted by Gasteiger charge is -2.07. The van der Waals surface area contributed by atoms with E-state index < -0.39 is 0 Å². The van der Waals surface area contributed by atoms with E-state index in [1.807, 2.05) is 58.4 Å². The summed E-state index contributed by atoms with van der Waals surface area (Å²) >= 11 is 1.49. The molecule has 5 nitrogen and oxygen atoms in total. The first-order valence-corrected chi connectivity index (χ1v) is 8.22. The van der Waals surface area contributed by atoms with Gasteiger partial charge in [-0.1, -0.05) is 18.2 Å². The Kier molecular flexibility index (Phi) is 3.72. The van der Waals surface area contributed by atoms with E-state index in [4.69, 9.17) is 4.74 Å². The van der Waals surface area contributed by atoms with Gasteiger partial charge >= 0.3 is 0 Å². The fourth-order valence-corrected chi connectivity index (χ4v) is 2.96. The van der Waals surface area contributed by atoms with Crippen LogP contribution < -0.4 is 10.1 Å². The van der Waals surface area contributed by atoms with Crippen LogP contribution in [0.4, 0.5) is 5.69 Å². The van der Waals surface area contributed by atoms with E-state index in [2.05, 4.69) is 10.3 Å². The fraction of sp³-hybridized carbons (Fsp3) is 0. The van der Waals surface area contributed by atoms with Crippen molar-refractivity contribution in [2.24, 2.45) is 0 Å². The topological polar surface area (TPSA) is 55.6 Å². The molecule has 0 aliphatic carbocycles. The molecule has 2 aromatic heterocycles. The van der Waals surface area contributed by atoms with Crippen LogP contribution in [0.3, 0.4) is 0 Å². The number of nitrogens with zero attached hydrogens (tertiary/aromatic N) is 2. The highest BCUT2D eigenvalue weighted by atomic mass is 32.1. The van der Waals surface area contributed by atoms with Gasteiger partial charge in [0.25, 0.3) is 5.91 Å². The van der Waals surface area contributed by atoms with Gasteiger partial charge in [0.05, 0.1) is 0 Å². The number of carbonyl (C=O) groups excluding carboxylic acids is 1. The van der Waals surface area contributed by atoms with E-state index in [9.17, 15) is 4.79 Å². The molecule has 1 amide bonds. The molecule has 0 fully saturated rings. The number of anilines is 1. The van der Waals surface area contributed by atoms with Crippen molar-refractivity contribution < 1.29 is 9.53 Å². The lowest BCUT2D eigenvalue weighted by Crippen LogP contribution is -2.12. The van der Waals surface area contributed by atoms with E-state index in [0.29, 0.717) is 17.1 Å². The minimum atomic E-state index is -0.234. The van der Waals surface area contributed by atoms with Gasteiger partial charge in [0, 0.05) is 23.5 Å². The van der Waals surface area contributed by atoms with E-state index in [1.165, 1.54) is 11.3 Å². The predicted molar refractivity (Wildman–Crippen MR) is 94.0 cm³/mol. The number of hydrogen-bond donors (Lipinski definition) is 1. The number of imidazole rings is 1. The second-order valence-electron chi connectivity index (χ2n) is 5.11. The molecule has 0 aliphatic rings. The summed E-state index contributed by atoms with van der Waals surface area (Å²) in [6, 6.07) is 16.8. The maximum absolute atomic E-state index is 12.2. The van der Waals surface area contributed by atoms with Crippen molar-refractivity contribution in [2.75, 3.05) is 5.32 Å². The van der Waals surface area contributed by atoms with Crippen LogP contribution in [-0.2, 0) is 0 Å². The molecule has 0 bridgehead atoms. The summed E-state index contributed by atoms with van der Waals surface area (Å²) in [6.45, 7) is 0. The number of hydrogen-bond acceptors (Lipinski definition) is 4. The molecule has 0 atom stereocenters. The molecule has 6 heteroatoms. The molecule has 0 saturated heterocycles. The van der Waals surface area contributed by atoms with Gasteiger partial charge in [-0.2, -0.15) is 0 Å². The van der Waals surface area contributed by atoms with Crippen molar-refractivity contribution >= 4 is 27.9 Å². The molecule has 4 rings (SSSR count). The molecule has 2 aromatic carbocycles. The number of amides is 1. The number of benzene rings is 2. The largest absolute Gasteiger partial charge is 0.457 e. The van der Waals surface area contributed by atoms with Crippen molar-refractivity contribution in [3.05, 3.63) is 78.1 Å². The first kappa shape index (κ1) is 14.5. The van der Waals surface area contributed by atoms with Gasteiger partial charge < -0.3 is 10.1 Å². The minimum Gasteiger partial charge on any atom is -0.457 e. The molecular weight excluding hydrogens is 322 g/mol. The van der Waals surface area contributed by atoms with Crippen LogP contribution in [-0.4, -0.2) is 15.3 Å². The van der Waals surface area contributed by atoms with Crippen molar-refractivity contribution in [1.82, 2.24) is 9.38 Å². The summed E-state index contributed by atoms with van der Waals surface area (Å²) in [5, 5.41) is 4.76. The summed E-state index contributed by atoms with van der Waals surface area (Å²) in [5.74, 6) is 1.25. The summed E-state index contributed by atoms with van der Waals surface area (Å²) in [4.78, 5) is 17.3. The number of rotatable bonds is 4. The molecule has 2 heterocycles. The Morgan fingerprint density at radius 3 is 2.54 bits per heavy atom. The van der Waals surface area contributed by atoms with Crippen LogP contribution in [0.5, 0.6) is 11.5 Å². The maximum Gasteiger partial charge on any atom is 0.275 e. The predicted octanol–water partition coefficient (Wildman–Crippen LogP) is 4.44. The highest BCUT2D eigenvalue weighted by Gasteiger charge is 2.11. The highest BCUT2D eigenvalue weighted by Crippen LogP contribution is 2.23. The number of aromatic nitrogens is 2. The van der Waals surface area contributed by atoms with Crippen LogP contribution in [0.25, 0.3) is 4.96 Å². The third-order valence-corrected chi connectivity index (χ3v) is 4.19. The zero-order valence-electron chi connectivity index (χ0n) is 12.5. The van der Waals surface area contributed by atoms with Crippen LogP contribution in [0.2, 0.25) is 0 Å². The standard InChI is InChI=1S/C18H13N3O2S/c22-17(16-12-21-10-11-24-18(21)20-16)19-13-6-8-15(9-7-13)23-14-4-2-1-3-5-14/h1-12H,(H,19,22). The van der Waals surface area contributed by atoms with E-state index in [-0.39, 0.29) is 5.91 Å². The number of carbonyl (C=O) groups is 1.